The van der Waals surface area contributed by atoms with Crippen LogP contribution in [-0.4, -0.2) is 18.5 Å². The van der Waals surface area contributed by atoms with E-state index in [1.165, 1.54) is 24.0 Å². The molecule has 0 saturated carbocycles. The lowest BCUT2D eigenvalue weighted by atomic mass is 10.1. The van der Waals surface area contributed by atoms with E-state index in [9.17, 15) is 0 Å². The number of nitrogens with zero attached hydrogens (tertiary/aromatic N) is 1. The average molecular weight is 185 g/mol. The molecule has 0 unspecified atom stereocenters. The van der Waals surface area contributed by atoms with Crippen molar-refractivity contribution in [1.29, 1.82) is 0 Å². The van der Waals surface area contributed by atoms with Gasteiger partial charge in [0.2, 0.25) is 0 Å². The molecule has 1 atom stereocenters. The first-order chi connectivity index (χ1) is 6.83. The van der Waals surface area contributed by atoms with Crippen molar-refractivity contribution in [3.8, 4) is 12.3 Å². The van der Waals surface area contributed by atoms with Gasteiger partial charge in [0, 0.05) is 6.04 Å². The van der Waals surface area contributed by atoms with Crippen molar-refractivity contribution in [2.24, 2.45) is 0 Å². The number of hydrogen-bond acceptors (Lipinski definition) is 1. The Hall–Kier alpha value is -1.26. The van der Waals surface area contributed by atoms with E-state index in [0.29, 0.717) is 6.04 Å². The lowest BCUT2D eigenvalue weighted by Crippen LogP contribution is -2.23. The molecular formula is C13H15N. The number of rotatable bonds is 2. The molecule has 2 rings (SSSR count). The Morgan fingerprint density at radius 2 is 2.29 bits per heavy atom. The summed E-state index contributed by atoms with van der Waals surface area (Å²) in [6, 6.07) is 9.20. The third-order valence-electron chi connectivity index (χ3n) is 2.97. The van der Waals surface area contributed by atoms with E-state index in [1.54, 1.807) is 0 Å². The molecule has 14 heavy (non-hydrogen) atoms. The minimum atomic E-state index is 0.530. The fraction of sp³-hybridized carbons (Fsp3) is 0.385. The zero-order chi connectivity index (χ0) is 9.97. The van der Waals surface area contributed by atoms with Gasteiger partial charge in [-0.15, -0.1) is 6.42 Å². The van der Waals surface area contributed by atoms with Crippen LogP contribution in [0.3, 0.4) is 0 Å². The largest absolute Gasteiger partial charge is 0.288 e. The molecule has 0 amide bonds. The molecule has 0 aromatic heterocycles. The molecule has 0 radical (unpaired) electrons. The van der Waals surface area contributed by atoms with Gasteiger partial charge in [0.05, 0.1) is 6.54 Å². The SMILES string of the molecule is C#CCN(C)[C@H]1CCc2ccccc21. The molecule has 1 aromatic carbocycles. The highest BCUT2D eigenvalue weighted by Gasteiger charge is 2.24. The van der Waals surface area contributed by atoms with Crippen LogP contribution in [0.1, 0.15) is 23.6 Å². The van der Waals surface area contributed by atoms with E-state index in [4.69, 9.17) is 6.42 Å². The van der Waals surface area contributed by atoms with Gasteiger partial charge < -0.3 is 0 Å². The smallest absolute Gasteiger partial charge is 0.0601 e. The van der Waals surface area contributed by atoms with Gasteiger partial charge in [-0.05, 0) is 31.0 Å². The number of benzene rings is 1. The standard InChI is InChI=1S/C13H15N/c1-3-10-14(2)13-9-8-11-6-4-5-7-12(11)13/h1,4-7,13H,8-10H2,2H3/t13-/m0/s1. The fourth-order valence-electron chi connectivity index (χ4n) is 2.25. The van der Waals surface area contributed by atoms with Crippen LogP contribution in [0, 0.1) is 12.3 Å². The summed E-state index contributed by atoms with van der Waals surface area (Å²) in [6.07, 6.45) is 7.72. The Labute approximate surface area is 85.7 Å². The molecule has 0 fully saturated rings. The second-order valence-corrected chi connectivity index (χ2v) is 3.87. The summed E-state index contributed by atoms with van der Waals surface area (Å²) >= 11 is 0. The van der Waals surface area contributed by atoms with Crippen LogP contribution in [0.2, 0.25) is 0 Å². The Bertz CT molecular complexity index is 362. The van der Waals surface area contributed by atoms with Crippen molar-refractivity contribution in [2.75, 3.05) is 13.6 Å². The minimum Gasteiger partial charge on any atom is -0.288 e. The van der Waals surface area contributed by atoms with Crippen LogP contribution in [0.4, 0.5) is 0 Å². The van der Waals surface area contributed by atoms with E-state index >= 15 is 0 Å². The molecule has 1 heteroatoms. The summed E-state index contributed by atoms with van der Waals surface area (Å²) < 4.78 is 0. The Morgan fingerprint density at radius 1 is 1.50 bits per heavy atom. The van der Waals surface area contributed by atoms with Crippen molar-refractivity contribution in [1.82, 2.24) is 4.90 Å². The van der Waals surface area contributed by atoms with Crippen LogP contribution in [0.15, 0.2) is 24.3 Å². The third kappa shape index (κ3) is 1.54. The lowest BCUT2D eigenvalue weighted by molar-refractivity contribution is 0.274. The summed E-state index contributed by atoms with van der Waals surface area (Å²) in [7, 11) is 2.10. The second kappa shape index (κ2) is 3.86. The second-order valence-electron chi connectivity index (χ2n) is 3.87. The predicted molar refractivity (Wildman–Crippen MR) is 59.0 cm³/mol. The molecule has 1 nitrogen and oxygen atoms in total. The Morgan fingerprint density at radius 3 is 3.07 bits per heavy atom. The van der Waals surface area contributed by atoms with E-state index < -0.39 is 0 Å². The van der Waals surface area contributed by atoms with Gasteiger partial charge in [-0.1, -0.05) is 30.2 Å². The zero-order valence-electron chi connectivity index (χ0n) is 8.53. The summed E-state index contributed by atoms with van der Waals surface area (Å²) in [5, 5.41) is 0. The summed E-state index contributed by atoms with van der Waals surface area (Å²) in [4.78, 5) is 2.26. The first-order valence-corrected chi connectivity index (χ1v) is 5.04. The molecule has 1 aromatic rings. The molecule has 1 aliphatic rings. The lowest BCUT2D eigenvalue weighted by Gasteiger charge is -2.22. The molecule has 72 valence electrons. The van der Waals surface area contributed by atoms with Crippen molar-refractivity contribution < 1.29 is 0 Å². The van der Waals surface area contributed by atoms with Crippen LogP contribution in [-0.2, 0) is 6.42 Å². The van der Waals surface area contributed by atoms with Gasteiger partial charge in [0.1, 0.15) is 0 Å². The highest BCUT2D eigenvalue weighted by molar-refractivity contribution is 5.34. The van der Waals surface area contributed by atoms with E-state index in [2.05, 4.69) is 42.1 Å². The average Bonchev–Trinajstić information content (AvgIpc) is 2.61. The first kappa shape index (κ1) is 9.30. The van der Waals surface area contributed by atoms with Gasteiger partial charge in [-0.25, -0.2) is 0 Å². The van der Waals surface area contributed by atoms with Crippen LogP contribution < -0.4 is 0 Å². The molecule has 0 bridgehead atoms. The van der Waals surface area contributed by atoms with Gasteiger partial charge >= 0.3 is 0 Å². The van der Waals surface area contributed by atoms with Gasteiger partial charge in [-0.3, -0.25) is 4.90 Å². The fourth-order valence-corrected chi connectivity index (χ4v) is 2.25. The van der Waals surface area contributed by atoms with Crippen molar-refractivity contribution in [3.63, 3.8) is 0 Å². The molecular weight excluding hydrogens is 170 g/mol. The van der Waals surface area contributed by atoms with Crippen molar-refractivity contribution in [2.45, 2.75) is 18.9 Å². The van der Waals surface area contributed by atoms with Crippen LogP contribution in [0.5, 0.6) is 0 Å². The summed E-state index contributed by atoms with van der Waals surface area (Å²) in [5.41, 5.74) is 2.95. The van der Waals surface area contributed by atoms with E-state index in [-0.39, 0.29) is 0 Å². The molecule has 0 saturated heterocycles. The predicted octanol–water partition coefficient (Wildman–Crippen LogP) is 2.24. The Kier molecular flexibility index (Phi) is 2.56. The maximum absolute atomic E-state index is 5.33. The topological polar surface area (TPSA) is 3.24 Å². The normalized spacial score (nSPS) is 19.4. The van der Waals surface area contributed by atoms with Crippen molar-refractivity contribution in [3.05, 3.63) is 35.4 Å². The third-order valence-corrected chi connectivity index (χ3v) is 2.97. The van der Waals surface area contributed by atoms with Crippen LogP contribution >= 0.6 is 0 Å². The molecule has 0 aliphatic heterocycles. The van der Waals surface area contributed by atoms with Crippen LogP contribution in [0.25, 0.3) is 0 Å². The monoisotopic (exact) mass is 185 g/mol. The number of fused-ring (bicyclic) bond motifs is 1. The maximum atomic E-state index is 5.33. The van der Waals surface area contributed by atoms with Gasteiger partial charge in [0.25, 0.3) is 0 Å². The molecule has 0 N–H and O–H groups in total. The Balaban J connectivity index is 2.22. The van der Waals surface area contributed by atoms with E-state index in [1.807, 2.05) is 0 Å². The first-order valence-electron chi connectivity index (χ1n) is 5.04. The summed E-state index contributed by atoms with van der Waals surface area (Å²) in [6.45, 7) is 0.735. The number of terminal acetylenes is 1. The number of aryl methyl sites for hydroxylation is 1. The van der Waals surface area contributed by atoms with E-state index in [0.717, 1.165) is 6.54 Å². The zero-order valence-corrected chi connectivity index (χ0v) is 8.53. The quantitative estimate of drug-likeness (QED) is 0.639. The van der Waals surface area contributed by atoms with Crippen molar-refractivity contribution >= 4 is 0 Å². The van der Waals surface area contributed by atoms with Gasteiger partial charge in [-0.2, -0.15) is 0 Å². The highest BCUT2D eigenvalue weighted by Crippen LogP contribution is 2.34. The highest BCUT2D eigenvalue weighted by atomic mass is 15.1. The maximum Gasteiger partial charge on any atom is 0.0601 e. The summed E-state index contributed by atoms with van der Waals surface area (Å²) in [5.74, 6) is 2.70. The molecule has 0 spiro atoms. The minimum absolute atomic E-state index is 0.530. The molecule has 1 aliphatic carbocycles. The molecule has 0 heterocycles. The number of hydrogen-bond donors (Lipinski definition) is 0. The van der Waals surface area contributed by atoms with Gasteiger partial charge in [0.15, 0.2) is 0 Å².